The zero-order chi connectivity index (χ0) is 23.5. The Morgan fingerprint density at radius 1 is 1.06 bits per heavy atom. The van der Waals surface area contributed by atoms with Crippen molar-refractivity contribution >= 4 is 28.7 Å². The number of hydrogen-bond acceptors (Lipinski definition) is 7. The molecule has 4 aromatic rings. The Kier molecular flexibility index (Phi) is 5.99. The first-order chi connectivity index (χ1) is 16.6. The first-order valence-corrected chi connectivity index (χ1v) is 11.2. The summed E-state index contributed by atoms with van der Waals surface area (Å²) in [6.07, 6.45) is 4.63. The quantitative estimate of drug-likeness (QED) is 0.419. The normalized spacial score (nSPS) is 15.9. The molecule has 34 heavy (non-hydrogen) atoms. The molecule has 0 unspecified atom stereocenters. The zero-order valence-electron chi connectivity index (χ0n) is 18.7. The third kappa shape index (κ3) is 4.36. The van der Waals surface area contributed by atoms with Gasteiger partial charge in [-0.15, -0.1) is 0 Å². The summed E-state index contributed by atoms with van der Waals surface area (Å²) in [7, 11) is 0. The third-order valence-electron chi connectivity index (χ3n) is 5.75. The molecule has 0 radical (unpaired) electrons. The number of anilines is 1. The lowest BCUT2D eigenvalue weighted by Crippen LogP contribution is -2.44. The molecule has 1 aliphatic heterocycles. The second kappa shape index (κ2) is 9.38. The minimum absolute atomic E-state index is 0.251. The number of ether oxygens (including phenoxy) is 1. The van der Waals surface area contributed by atoms with E-state index in [1.807, 2.05) is 12.1 Å². The molecule has 9 nitrogen and oxygen atoms in total. The molecule has 0 bridgehead atoms. The number of nitrogens with one attached hydrogen (secondary N) is 1. The Hall–Kier alpha value is -4.14. The smallest absolute Gasteiger partial charge is 0.321 e. The highest BCUT2D eigenvalue weighted by molar-refractivity contribution is 5.93. The highest BCUT2D eigenvalue weighted by Gasteiger charge is 2.29. The number of amides is 2. The Bertz CT molecular complexity index is 1300. The van der Waals surface area contributed by atoms with E-state index < -0.39 is 0 Å². The van der Waals surface area contributed by atoms with Crippen LogP contribution < -0.4 is 5.32 Å². The molecule has 0 aliphatic carbocycles. The van der Waals surface area contributed by atoms with Crippen molar-refractivity contribution in [2.24, 2.45) is 5.92 Å². The fourth-order valence-corrected chi connectivity index (χ4v) is 4.12. The van der Waals surface area contributed by atoms with Crippen LogP contribution in [0.25, 0.3) is 33.9 Å². The Morgan fingerprint density at radius 3 is 2.41 bits per heavy atom. The summed E-state index contributed by atoms with van der Waals surface area (Å²) in [4.78, 5) is 36.2. The summed E-state index contributed by atoms with van der Waals surface area (Å²) in [6, 6.07) is 12.3. The summed E-state index contributed by atoms with van der Waals surface area (Å²) in [5, 5.41) is 2.92. The highest BCUT2D eigenvalue weighted by Crippen LogP contribution is 2.32. The topological polar surface area (TPSA) is 111 Å². The number of benzene rings is 1. The van der Waals surface area contributed by atoms with E-state index in [4.69, 9.17) is 23.5 Å². The average molecular weight is 460 g/mol. The van der Waals surface area contributed by atoms with Crippen molar-refractivity contribution in [2.75, 3.05) is 25.0 Å². The van der Waals surface area contributed by atoms with Gasteiger partial charge in [0, 0.05) is 18.8 Å². The molecule has 4 heterocycles. The molecular formula is C25H24N4O5. The van der Waals surface area contributed by atoms with Crippen LogP contribution in [0.2, 0.25) is 0 Å². The van der Waals surface area contributed by atoms with Crippen LogP contribution in [-0.2, 0) is 9.53 Å². The second-order valence-corrected chi connectivity index (χ2v) is 8.05. The van der Waals surface area contributed by atoms with Crippen molar-refractivity contribution in [3.05, 3.63) is 55.0 Å². The van der Waals surface area contributed by atoms with E-state index in [-0.39, 0.29) is 17.9 Å². The van der Waals surface area contributed by atoms with Crippen molar-refractivity contribution in [1.29, 1.82) is 0 Å². The number of hydrogen-bond donors (Lipinski definition) is 1. The van der Waals surface area contributed by atoms with Gasteiger partial charge in [-0.05, 0) is 62.2 Å². The third-order valence-corrected chi connectivity index (χ3v) is 5.75. The second-order valence-electron chi connectivity index (χ2n) is 8.05. The van der Waals surface area contributed by atoms with Crippen molar-refractivity contribution in [3.8, 4) is 22.9 Å². The molecule has 2 amide bonds. The summed E-state index contributed by atoms with van der Waals surface area (Å²) in [5.74, 6) is 0.601. The monoisotopic (exact) mass is 460 g/mol. The molecule has 0 spiro atoms. The van der Waals surface area contributed by atoms with Crippen LogP contribution in [0.4, 0.5) is 10.5 Å². The van der Waals surface area contributed by atoms with E-state index in [1.54, 1.807) is 54.7 Å². The van der Waals surface area contributed by atoms with E-state index >= 15 is 0 Å². The van der Waals surface area contributed by atoms with Crippen LogP contribution in [0, 0.1) is 5.92 Å². The van der Waals surface area contributed by atoms with E-state index in [2.05, 4.69) is 5.32 Å². The fourth-order valence-electron chi connectivity index (χ4n) is 4.12. The van der Waals surface area contributed by atoms with Crippen molar-refractivity contribution in [1.82, 2.24) is 14.9 Å². The number of aromatic nitrogens is 2. The number of furan rings is 2. The van der Waals surface area contributed by atoms with E-state index in [1.165, 1.54) is 0 Å². The van der Waals surface area contributed by atoms with Gasteiger partial charge in [-0.3, -0.25) is 4.79 Å². The largest absolute Gasteiger partial charge is 0.466 e. The molecular weight excluding hydrogens is 436 g/mol. The molecule has 5 rings (SSSR count). The molecule has 1 aromatic carbocycles. The van der Waals surface area contributed by atoms with Crippen LogP contribution >= 0.6 is 0 Å². The van der Waals surface area contributed by atoms with E-state index in [0.717, 1.165) is 12.8 Å². The standard InChI is InChI=1S/C25H24N4O5/c1-2-32-24(30)16-6-3-11-29(15-16)25(31)26-17-9-10-18-19(14-17)28-23(21-8-5-13-34-21)22(27-18)20-7-4-12-33-20/h4-5,7-10,12-14,16H,2-3,6,11,15H2,1H3,(H,26,31)/t16-/m0/s1. The van der Waals surface area contributed by atoms with Gasteiger partial charge in [0.1, 0.15) is 11.4 Å². The first-order valence-electron chi connectivity index (χ1n) is 11.2. The summed E-state index contributed by atoms with van der Waals surface area (Å²) >= 11 is 0. The maximum Gasteiger partial charge on any atom is 0.321 e. The lowest BCUT2D eigenvalue weighted by molar-refractivity contribution is -0.149. The van der Waals surface area contributed by atoms with Gasteiger partial charge in [-0.2, -0.15) is 0 Å². The molecule has 1 aliphatic rings. The maximum absolute atomic E-state index is 12.9. The molecule has 0 saturated carbocycles. The minimum atomic E-state index is -0.294. The molecule has 1 fully saturated rings. The van der Waals surface area contributed by atoms with Gasteiger partial charge in [0.15, 0.2) is 11.5 Å². The summed E-state index contributed by atoms with van der Waals surface area (Å²) in [6.45, 7) is 3.04. The predicted molar refractivity (Wildman–Crippen MR) is 125 cm³/mol. The molecule has 1 N–H and O–H groups in total. The van der Waals surface area contributed by atoms with Gasteiger partial charge >= 0.3 is 12.0 Å². The highest BCUT2D eigenvalue weighted by atomic mass is 16.5. The van der Waals surface area contributed by atoms with Crippen LogP contribution in [0.5, 0.6) is 0 Å². The fraction of sp³-hybridized carbons (Fsp3) is 0.280. The minimum Gasteiger partial charge on any atom is -0.466 e. The number of carbonyl (C=O) groups excluding carboxylic acids is 2. The van der Waals surface area contributed by atoms with Crippen LogP contribution in [0.1, 0.15) is 19.8 Å². The molecule has 1 atom stereocenters. The molecule has 1 saturated heterocycles. The Balaban J connectivity index is 1.40. The van der Waals surface area contributed by atoms with E-state index in [0.29, 0.717) is 59.3 Å². The number of rotatable bonds is 5. The van der Waals surface area contributed by atoms with Crippen LogP contribution in [0.15, 0.2) is 63.8 Å². The number of urea groups is 1. The lowest BCUT2D eigenvalue weighted by Gasteiger charge is -2.31. The predicted octanol–water partition coefficient (Wildman–Crippen LogP) is 4.96. The van der Waals surface area contributed by atoms with Gasteiger partial charge in [0.25, 0.3) is 0 Å². The average Bonchev–Trinajstić information content (AvgIpc) is 3.58. The van der Waals surface area contributed by atoms with Crippen molar-refractivity contribution in [3.63, 3.8) is 0 Å². The number of carbonyl (C=O) groups is 2. The number of piperidine rings is 1. The number of fused-ring (bicyclic) bond motifs is 1. The summed E-state index contributed by atoms with van der Waals surface area (Å²) in [5.41, 5.74) is 2.95. The number of esters is 1. The SMILES string of the molecule is CCOC(=O)[C@H]1CCCN(C(=O)Nc2ccc3nc(-c4ccco4)c(-c4ccco4)nc3c2)C1. The molecule has 174 valence electrons. The number of nitrogens with zero attached hydrogens (tertiary/aromatic N) is 3. The Labute approximate surface area is 195 Å². The molecule has 3 aromatic heterocycles. The lowest BCUT2D eigenvalue weighted by atomic mass is 9.98. The van der Waals surface area contributed by atoms with Crippen LogP contribution in [-0.4, -0.2) is 46.6 Å². The van der Waals surface area contributed by atoms with Gasteiger partial charge in [0.2, 0.25) is 0 Å². The van der Waals surface area contributed by atoms with Gasteiger partial charge in [0.05, 0.1) is 36.1 Å². The zero-order valence-corrected chi connectivity index (χ0v) is 18.7. The maximum atomic E-state index is 12.9. The number of likely N-dealkylation sites (tertiary alicyclic amines) is 1. The van der Waals surface area contributed by atoms with Crippen molar-refractivity contribution in [2.45, 2.75) is 19.8 Å². The molecule has 9 heteroatoms. The van der Waals surface area contributed by atoms with Crippen molar-refractivity contribution < 1.29 is 23.2 Å². The van der Waals surface area contributed by atoms with Gasteiger partial charge in [-0.25, -0.2) is 14.8 Å². The van der Waals surface area contributed by atoms with Crippen LogP contribution in [0.3, 0.4) is 0 Å². The Morgan fingerprint density at radius 2 is 1.76 bits per heavy atom. The van der Waals surface area contributed by atoms with E-state index in [9.17, 15) is 9.59 Å². The van der Waals surface area contributed by atoms with Gasteiger partial charge < -0.3 is 23.8 Å². The summed E-state index contributed by atoms with van der Waals surface area (Å²) < 4.78 is 16.2. The first kappa shape index (κ1) is 21.7. The van der Waals surface area contributed by atoms with Gasteiger partial charge in [-0.1, -0.05) is 0 Å².